The standard InChI is InChI=1S/C35H45N3O5/c1-6-18-36(19-7-2)32(40)29-28-16-17-35(43-28)30(29)33(41)38(27(22-39)23(5)9-4)31(35)34(42)37(20-8-3)26-15-14-24-12-10-11-13-25(24)21-26/h6,8,10-15,21,23,27-31,39H,1,3,7,9,16-20,22H2,2,4-5H3/t23-,27-,28-,29+,30-,31?,35?/m0/s1. The summed E-state index contributed by atoms with van der Waals surface area (Å²) in [7, 11) is 0. The molecule has 7 atom stereocenters. The highest BCUT2D eigenvalue weighted by Gasteiger charge is 2.75. The minimum absolute atomic E-state index is 0.0725. The smallest absolute Gasteiger partial charge is 0.253 e. The number of rotatable bonds is 13. The van der Waals surface area contributed by atoms with E-state index in [9.17, 15) is 19.5 Å². The molecular weight excluding hydrogens is 542 g/mol. The summed E-state index contributed by atoms with van der Waals surface area (Å²) in [4.78, 5) is 48.6. The molecule has 230 valence electrons. The maximum Gasteiger partial charge on any atom is 0.253 e. The lowest BCUT2D eigenvalue weighted by molar-refractivity contribution is -0.148. The minimum atomic E-state index is -1.15. The lowest BCUT2D eigenvalue weighted by atomic mass is 9.70. The second-order valence-corrected chi connectivity index (χ2v) is 12.3. The zero-order valence-electron chi connectivity index (χ0n) is 25.7. The Bertz CT molecular complexity index is 1390. The summed E-state index contributed by atoms with van der Waals surface area (Å²) in [5.74, 6) is -2.23. The number of nitrogens with zero attached hydrogens (tertiary/aromatic N) is 3. The molecule has 2 bridgehead atoms. The zero-order chi connectivity index (χ0) is 30.9. The van der Waals surface area contributed by atoms with Crippen molar-refractivity contribution in [2.24, 2.45) is 17.8 Å². The van der Waals surface area contributed by atoms with Gasteiger partial charge < -0.3 is 24.5 Å². The normalized spacial score (nSPS) is 27.2. The van der Waals surface area contributed by atoms with Crippen molar-refractivity contribution in [3.05, 3.63) is 67.8 Å². The number of carbonyl (C=O) groups excluding carboxylic acids is 3. The molecule has 3 aliphatic heterocycles. The number of amides is 3. The first-order valence-electron chi connectivity index (χ1n) is 15.7. The van der Waals surface area contributed by atoms with Gasteiger partial charge in [-0.2, -0.15) is 0 Å². The van der Waals surface area contributed by atoms with Crippen LogP contribution in [0.3, 0.4) is 0 Å². The monoisotopic (exact) mass is 587 g/mol. The minimum Gasteiger partial charge on any atom is -0.394 e. The van der Waals surface area contributed by atoms with Crippen LogP contribution in [-0.4, -0.2) is 82.7 Å². The number of likely N-dealkylation sites (tertiary alicyclic amines) is 1. The van der Waals surface area contributed by atoms with E-state index in [1.165, 1.54) is 0 Å². The maximum atomic E-state index is 14.9. The van der Waals surface area contributed by atoms with Gasteiger partial charge in [0.05, 0.1) is 30.6 Å². The van der Waals surface area contributed by atoms with E-state index in [-0.39, 0.29) is 36.8 Å². The van der Waals surface area contributed by atoms with Crippen LogP contribution in [0.4, 0.5) is 5.69 Å². The predicted molar refractivity (Wildman–Crippen MR) is 168 cm³/mol. The molecule has 0 aromatic heterocycles. The molecular formula is C35H45N3O5. The molecule has 2 unspecified atom stereocenters. The van der Waals surface area contributed by atoms with E-state index in [2.05, 4.69) is 13.2 Å². The van der Waals surface area contributed by atoms with Crippen molar-refractivity contribution in [3.63, 3.8) is 0 Å². The molecule has 3 heterocycles. The molecule has 0 aliphatic carbocycles. The fourth-order valence-corrected chi connectivity index (χ4v) is 7.70. The van der Waals surface area contributed by atoms with Gasteiger partial charge >= 0.3 is 0 Å². The third kappa shape index (κ3) is 5.08. The van der Waals surface area contributed by atoms with Gasteiger partial charge in [-0.3, -0.25) is 14.4 Å². The molecule has 2 aromatic carbocycles. The Labute approximate surface area is 255 Å². The first-order chi connectivity index (χ1) is 20.8. The lowest BCUT2D eigenvalue weighted by Crippen LogP contribution is -2.60. The SMILES string of the molecule is C=CCN(CCC)C(=O)[C@@H]1[C@@H]2CCC3(O2)C(C(=O)N(CC=C)c2ccc4ccccc4c2)N([C@@H](CO)[C@@H](C)CC)C(=O)[C@H]13. The quantitative estimate of drug-likeness (QED) is 0.347. The van der Waals surface area contributed by atoms with Crippen molar-refractivity contribution in [3.8, 4) is 0 Å². The molecule has 0 saturated carbocycles. The molecule has 8 nitrogen and oxygen atoms in total. The molecule has 1 N–H and O–H groups in total. The van der Waals surface area contributed by atoms with Gasteiger partial charge in [0.1, 0.15) is 11.6 Å². The van der Waals surface area contributed by atoms with Gasteiger partial charge in [-0.05, 0) is 48.1 Å². The van der Waals surface area contributed by atoms with Crippen LogP contribution < -0.4 is 4.90 Å². The molecule has 5 rings (SSSR count). The van der Waals surface area contributed by atoms with Crippen LogP contribution in [0.5, 0.6) is 0 Å². The van der Waals surface area contributed by atoms with Crippen LogP contribution in [-0.2, 0) is 19.1 Å². The summed E-state index contributed by atoms with van der Waals surface area (Å²) < 4.78 is 6.71. The largest absolute Gasteiger partial charge is 0.394 e. The third-order valence-electron chi connectivity index (χ3n) is 9.88. The first-order valence-corrected chi connectivity index (χ1v) is 15.7. The zero-order valence-corrected chi connectivity index (χ0v) is 25.7. The lowest BCUT2D eigenvalue weighted by Gasteiger charge is -2.41. The van der Waals surface area contributed by atoms with E-state index in [0.29, 0.717) is 38.0 Å². The molecule has 3 fully saturated rings. The number of benzene rings is 2. The summed E-state index contributed by atoms with van der Waals surface area (Å²) in [6.07, 6.45) is 5.52. The molecule has 3 aliphatic rings. The number of fused-ring (bicyclic) bond motifs is 2. The van der Waals surface area contributed by atoms with Crippen LogP contribution in [0.1, 0.15) is 46.5 Å². The Hall–Kier alpha value is -3.49. The topological polar surface area (TPSA) is 90.4 Å². The number of hydrogen-bond acceptors (Lipinski definition) is 5. The molecule has 0 radical (unpaired) electrons. The second kappa shape index (κ2) is 12.6. The van der Waals surface area contributed by atoms with Gasteiger partial charge in [0, 0.05) is 25.3 Å². The number of anilines is 1. The summed E-state index contributed by atoms with van der Waals surface area (Å²) in [6, 6.07) is 12.3. The van der Waals surface area contributed by atoms with Crippen molar-refractivity contribution in [2.75, 3.05) is 31.1 Å². The molecule has 3 amide bonds. The maximum absolute atomic E-state index is 14.9. The van der Waals surface area contributed by atoms with Crippen LogP contribution in [0.2, 0.25) is 0 Å². The van der Waals surface area contributed by atoms with Crippen molar-refractivity contribution in [2.45, 2.75) is 70.2 Å². The van der Waals surface area contributed by atoms with E-state index in [1.54, 1.807) is 26.9 Å². The van der Waals surface area contributed by atoms with Crippen molar-refractivity contribution < 1.29 is 24.2 Å². The number of hydrogen-bond donors (Lipinski definition) is 1. The highest BCUT2D eigenvalue weighted by atomic mass is 16.5. The average Bonchev–Trinajstić information content (AvgIpc) is 3.66. The van der Waals surface area contributed by atoms with Crippen molar-refractivity contribution in [1.29, 1.82) is 0 Å². The molecule has 3 saturated heterocycles. The number of aliphatic hydroxyl groups is 1. The van der Waals surface area contributed by atoms with Crippen LogP contribution in [0.25, 0.3) is 10.8 Å². The van der Waals surface area contributed by atoms with Crippen molar-refractivity contribution in [1.82, 2.24) is 9.80 Å². The van der Waals surface area contributed by atoms with E-state index in [1.807, 2.05) is 63.2 Å². The van der Waals surface area contributed by atoms with Gasteiger partial charge in [-0.1, -0.05) is 69.7 Å². The summed E-state index contributed by atoms with van der Waals surface area (Å²) in [6.45, 7) is 14.6. The van der Waals surface area contributed by atoms with Gasteiger partial charge in [-0.25, -0.2) is 0 Å². The van der Waals surface area contributed by atoms with Crippen LogP contribution in [0, 0.1) is 17.8 Å². The Balaban J connectivity index is 1.61. The Morgan fingerprint density at radius 2 is 1.84 bits per heavy atom. The van der Waals surface area contributed by atoms with E-state index < -0.39 is 35.6 Å². The van der Waals surface area contributed by atoms with Gasteiger partial charge in [0.15, 0.2) is 0 Å². The molecule has 2 aromatic rings. The van der Waals surface area contributed by atoms with Crippen LogP contribution in [0.15, 0.2) is 67.8 Å². The molecule has 8 heteroatoms. The molecule has 43 heavy (non-hydrogen) atoms. The van der Waals surface area contributed by atoms with E-state index in [4.69, 9.17) is 4.74 Å². The first kappa shape index (κ1) is 31.0. The number of carbonyl (C=O) groups is 3. The average molecular weight is 588 g/mol. The second-order valence-electron chi connectivity index (χ2n) is 12.3. The predicted octanol–water partition coefficient (Wildman–Crippen LogP) is 4.57. The summed E-state index contributed by atoms with van der Waals surface area (Å²) in [5, 5.41) is 12.7. The van der Waals surface area contributed by atoms with Crippen molar-refractivity contribution >= 4 is 34.2 Å². The highest BCUT2D eigenvalue weighted by molar-refractivity contribution is 6.06. The Morgan fingerprint density at radius 3 is 2.49 bits per heavy atom. The fraction of sp³-hybridized carbons (Fsp3) is 0.514. The van der Waals surface area contributed by atoms with Gasteiger partial charge in [0.25, 0.3) is 5.91 Å². The van der Waals surface area contributed by atoms with E-state index in [0.717, 1.165) is 17.2 Å². The highest BCUT2D eigenvalue weighted by Crippen LogP contribution is 2.59. The summed E-state index contributed by atoms with van der Waals surface area (Å²) >= 11 is 0. The van der Waals surface area contributed by atoms with E-state index >= 15 is 0 Å². The molecule has 1 spiro atoms. The number of ether oxygens (including phenoxy) is 1. The fourth-order valence-electron chi connectivity index (χ4n) is 7.70. The third-order valence-corrected chi connectivity index (χ3v) is 9.88. The number of aliphatic hydroxyl groups excluding tert-OH is 1. The van der Waals surface area contributed by atoms with Crippen LogP contribution >= 0.6 is 0 Å². The van der Waals surface area contributed by atoms with Gasteiger partial charge in [-0.15, -0.1) is 13.2 Å². The Kier molecular flexibility index (Phi) is 9.09. The van der Waals surface area contributed by atoms with Gasteiger partial charge in [0.2, 0.25) is 11.8 Å². The summed E-state index contributed by atoms with van der Waals surface area (Å²) in [5.41, 5.74) is -0.456. The Morgan fingerprint density at radius 1 is 1.12 bits per heavy atom.